The van der Waals surface area contributed by atoms with Gasteiger partial charge in [-0.25, -0.2) is 4.98 Å². The van der Waals surface area contributed by atoms with Crippen molar-refractivity contribution in [3.8, 4) is 10.6 Å². The second-order valence-electron chi connectivity index (χ2n) is 3.53. The number of hydrogen-bond acceptors (Lipinski definition) is 4. The van der Waals surface area contributed by atoms with Crippen molar-refractivity contribution in [2.75, 3.05) is 7.11 Å². The predicted octanol–water partition coefficient (Wildman–Crippen LogP) is 5.57. The summed E-state index contributed by atoms with van der Waals surface area (Å²) in [5, 5.41) is 2.02. The van der Waals surface area contributed by atoms with E-state index in [1.165, 1.54) is 11.3 Å². The maximum atomic E-state index is 5.89. The van der Waals surface area contributed by atoms with Gasteiger partial charge in [-0.2, -0.15) is 0 Å². The number of thiazole rings is 1. The third-order valence-electron chi connectivity index (χ3n) is 2.32. The first-order valence-corrected chi connectivity index (χ1v) is 8.59. The average molecular weight is 442 g/mol. The van der Waals surface area contributed by atoms with E-state index >= 15 is 0 Å². The molecule has 1 aromatic heterocycles. The second-order valence-corrected chi connectivity index (χ2v) is 8.40. The van der Waals surface area contributed by atoms with Gasteiger partial charge in [0.1, 0.15) is 13.6 Å². The topological polar surface area (TPSA) is 22.1 Å². The lowest BCUT2D eigenvalue weighted by Crippen LogP contribution is -2.00. The highest BCUT2D eigenvalue weighted by atomic mass is 79.9. The van der Waals surface area contributed by atoms with E-state index in [1.807, 2.05) is 24.3 Å². The fourth-order valence-corrected chi connectivity index (χ4v) is 3.78. The van der Waals surface area contributed by atoms with E-state index in [1.54, 1.807) is 7.11 Å². The fourth-order valence-electron chi connectivity index (χ4n) is 1.43. The first-order valence-electron chi connectivity index (χ1n) is 5.16. The summed E-state index contributed by atoms with van der Waals surface area (Å²) in [7, 11) is 1.56. The molecule has 0 bridgehead atoms. The maximum Gasteiger partial charge on any atom is 0.203 e. The summed E-state index contributed by atoms with van der Waals surface area (Å²) in [6, 6.07) is 7.54. The molecule has 0 spiro atoms. The van der Waals surface area contributed by atoms with E-state index in [4.69, 9.17) is 28.6 Å². The molecular formula is C12H8Br2ClNOS2. The zero-order chi connectivity index (χ0) is 14.0. The minimum atomic E-state index is -0.0691. The first-order chi connectivity index (χ1) is 9.02. The Morgan fingerprint density at radius 2 is 2.00 bits per heavy atom. The van der Waals surface area contributed by atoms with Gasteiger partial charge in [-0.15, -0.1) is 11.3 Å². The van der Waals surface area contributed by atoms with Crippen LogP contribution in [-0.4, -0.2) is 17.1 Å². The summed E-state index contributed by atoms with van der Waals surface area (Å²) < 4.78 is 5.07. The molecule has 2 rings (SSSR count). The normalized spacial score (nSPS) is 10.8. The van der Waals surface area contributed by atoms with Gasteiger partial charge < -0.3 is 4.74 Å². The van der Waals surface area contributed by atoms with Crippen molar-refractivity contribution in [2.45, 2.75) is 3.74 Å². The molecule has 2 nitrogen and oxygen atoms in total. The Hall–Kier alpha value is -0.0100. The molecule has 7 heteroatoms. The second kappa shape index (κ2) is 6.63. The van der Waals surface area contributed by atoms with Crippen LogP contribution in [0.1, 0.15) is 14.3 Å². The molecule has 100 valence electrons. The van der Waals surface area contributed by atoms with Gasteiger partial charge in [0.05, 0.1) is 12.8 Å². The number of thiocarbonyl (C=S) groups is 1. The Morgan fingerprint density at radius 3 is 2.53 bits per heavy atom. The number of aromatic nitrogens is 1. The molecule has 1 heterocycles. The van der Waals surface area contributed by atoms with Crippen molar-refractivity contribution in [3.63, 3.8) is 0 Å². The zero-order valence-electron chi connectivity index (χ0n) is 9.69. The largest absolute Gasteiger partial charge is 0.486 e. The van der Waals surface area contributed by atoms with Gasteiger partial charge in [-0.3, -0.25) is 0 Å². The smallest absolute Gasteiger partial charge is 0.203 e. The van der Waals surface area contributed by atoms with Gasteiger partial charge in [0.15, 0.2) is 0 Å². The molecule has 0 amide bonds. The van der Waals surface area contributed by atoms with Crippen LogP contribution in [0, 0.1) is 0 Å². The van der Waals surface area contributed by atoms with Crippen molar-refractivity contribution in [1.29, 1.82) is 0 Å². The van der Waals surface area contributed by atoms with Gasteiger partial charge in [-0.05, 0) is 24.4 Å². The van der Waals surface area contributed by atoms with Crippen LogP contribution in [0.2, 0.25) is 5.02 Å². The molecule has 0 unspecified atom stereocenters. The van der Waals surface area contributed by atoms with E-state index < -0.39 is 0 Å². The Morgan fingerprint density at radius 1 is 1.37 bits per heavy atom. The fraction of sp³-hybridized carbons (Fsp3) is 0.167. The van der Waals surface area contributed by atoms with Gasteiger partial charge in [0.2, 0.25) is 5.05 Å². The van der Waals surface area contributed by atoms with Gasteiger partial charge in [0, 0.05) is 10.6 Å². The standard InChI is InChI=1S/C12H8Br2ClNOS2/c1-17-12(18)9-8(10(13)14)16-11(19-9)6-2-4-7(15)5-3-6/h2-5,10H,1H3. The highest BCUT2D eigenvalue weighted by Crippen LogP contribution is 2.38. The molecule has 0 aliphatic carbocycles. The molecule has 0 atom stereocenters. The molecule has 0 saturated heterocycles. The third-order valence-corrected chi connectivity index (χ3v) is 5.06. The van der Waals surface area contributed by atoms with Gasteiger partial charge >= 0.3 is 0 Å². The number of benzene rings is 1. The SMILES string of the molecule is COC(=S)c1sc(-c2ccc(Cl)cc2)nc1C(Br)Br. The molecule has 0 aliphatic heterocycles. The summed E-state index contributed by atoms with van der Waals surface area (Å²) in [4.78, 5) is 5.44. The van der Waals surface area contributed by atoms with Crippen molar-refractivity contribution in [2.24, 2.45) is 0 Å². The molecule has 19 heavy (non-hydrogen) atoms. The molecule has 1 aromatic carbocycles. The molecule has 0 fully saturated rings. The van der Waals surface area contributed by atoms with Crippen molar-refractivity contribution < 1.29 is 4.74 Å². The lowest BCUT2D eigenvalue weighted by Gasteiger charge is -2.02. The van der Waals surface area contributed by atoms with E-state index in [9.17, 15) is 0 Å². The number of nitrogens with zero attached hydrogens (tertiary/aromatic N) is 1. The van der Waals surface area contributed by atoms with Gasteiger partial charge in [-0.1, -0.05) is 55.6 Å². The van der Waals surface area contributed by atoms with Crippen molar-refractivity contribution in [3.05, 3.63) is 39.9 Å². The van der Waals surface area contributed by atoms with E-state index in [2.05, 4.69) is 36.8 Å². The number of methoxy groups -OCH3 is 1. The lowest BCUT2D eigenvalue weighted by atomic mass is 10.2. The molecule has 0 radical (unpaired) electrons. The van der Waals surface area contributed by atoms with Crippen LogP contribution in [0.15, 0.2) is 24.3 Å². The van der Waals surface area contributed by atoms with Crippen LogP contribution >= 0.6 is 67.0 Å². The van der Waals surface area contributed by atoms with E-state index in [0.717, 1.165) is 21.1 Å². The summed E-state index contributed by atoms with van der Waals surface area (Å²) in [5.74, 6) is 0. The number of ether oxygens (including phenoxy) is 1. The number of rotatable bonds is 3. The number of alkyl halides is 2. The number of hydrogen-bond donors (Lipinski definition) is 0. The summed E-state index contributed by atoms with van der Waals surface area (Å²) >= 11 is 19.5. The highest BCUT2D eigenvalue weighted by molar-refractivity contribution is 9.24. The lowest BCUT2D eigenvalue weighted by molar-refractivity contribution is 0.416. The van der Waals surface area contributed by atoms with Crippen LogP contribution in [0.25, 0.3) is 10.6 Å². The molecule has 0 saturated carbocycles. The monoisotopic (exact) mass is 439 g/mol. The van der Waals surface area contributed by atoms with E-state index in [0.29, 0.717) is 10.1 Å². The van der Waals surface area contributed by atoms with Crippen molar-refractivity contribution >= 4 is 72.1 Å². The zero-order valence-corrected chi connectivity index (χ0v) is 15.3. The van der Waals surface area contributed by atoms with Crippen LogP contribution in [0.5, 0.6) is 0 Å². The van der Waals surface area contributed by atoms with Crippen LogP contribution < -0.4 is 0 Å². The Labute approximate surface area is 142 Å². The van der Waals surface area contributed by atoms with Crippen LogP contribution in [-0.2, 0) is 4.74 Å². The molecular weight excluding hydrogens is 434 g/mol. The molecule has 0 aliphatic rings. The minimum Gasteiger partial charge on any atom is -0.486 e. The van der Waals surface area contributed by atoms with Crippen LogP contribution in [0.3, 0.4) is 0 Å². The minimum absolute atomic E-state index is 0.0691. The number of halogens is 3. The molecule has 2 aromatic rings. The quantitative estimate of drug-likeness (QED) is 0.459. The predicted molar refractivity (Wildman–Crippen MR) is 91.9 cm³/mol. The summed E-state index contributed by atoms with van der Waals surface area (Å²) in [6.07, 6.45) is 0. The average Bonchev–Trinajstić information content (AvgIpc) is 2.84. The Bertz CT molecular complexity index is 598. The van der Waals surface area contributed by atoms with Crippen molar-refractivity contribution in [1.82, 2.24) is 4.98 Å². The Balaban J connectivity index is 2.48. The maximum absolute atomic E-state index is 5.89. The van der Waals surface area contributed by atoms with Crippen LogP contribution in [0.4, 0.5) is 0 Å². The Kier molecular flexibility index (Phi) is 5.37. The summed E-state index contributed by atoms with van der Waals surface area (Å²) in [5.41, 5.74) is 1.82. The van der Waals surface area contributed by atoms with Gasteiger partial charge in [0.25, 0.3) is 0 Å². The summed E-state index contributed by atoms with van der Waals surface area (Å²) in [6.45, 7) is 0. The molecule has 0 N–H and O–H groups in total. The first kappa shape index (κ1) is 15.4. The third kappa shape index (κ3) is 3.55. The highest BCUT2D eigenvalue weighted by Gasteiger charge is 2.20. The van der Waals surface area contributed by atoms with E-state index in [-0.39, 0.29) is 3.74 Å².